The van der Waals surface area contributed by atoms with Crippen LogP contribution in [0.5, 0.6) is 0 Å². The Bertz CT molecular complexity index is 375. The van der Waals surface area contributed by atoms with Crippen LogP contribution in [-0.4, -0.2) is 8.76 Å². The van der Waals surface area contributed by atoms with Crippen molar-refractivity contribution < 1.29 is 38.3 Å². The molecule has 1 aromatic rings. The molecular weight excluding hydrogens is 207 g/mol. The van der Waals surface area contributed by atoms with Crippen molar-refractivity contribution in [3.63, 3.8) is 0 Å². The van der Waals surface area contributed by atoms with E-state index >= 15 is 0 Å². The van der Waals surface area contributed by atoms with Crippen LogP contribution in [0.4, 0.5) is 0 Å². The van der Waals surface area contributed by atoms with Gasteiger partial charge in [0, 0.05) is 4.90 Å². The Labute approximate surface area is 110 Å². The number of aryl methyl sites for hydroxylation is 2. The molecule has 0 amide bonds. The fourth-order valence-electron chi connectivity index (χ4n) is 1.52. The maximum Gasteiger partial charge on any atom is 1.00 e. The molecule has 0 aromatic heterocycles. The van der Waals surface area contributed by atoms with E-state index in [9.17, 15) is 8.76 Å². The van der Waals surface area contributed by atoms with Crippen LogP contribution in [0.15, 0.2) is 11.0 Å². The van der Waals surface area contributed by atoms with E-state index in [0.29, 0.717) is 4.90 Å². The number of rotatable bonds is 1. The Morgan fingerprint density at radius 1 is 1.07 bits per heavy atom. The molecule has 1 unspecified atom stereocenters. The fourth-order valence-corrected chi connectivity index (χ4v) is 2.24. The van der Waals surface area contributed by atoms with Gasteiger partial charge < -0.3 is 4.55 Å². The summed E-state index contributed by atoms with van der Waals surface area (Å²) in [4.78, 5) is 0.447. The van der Waals surface area contributed by atoms with Gasteiger partial charge in [-0.1, -0.05) is 6.07 Å². The van der Waals surface area contributed by atoms with E-state index in [-0.39, 0.29) is 29.6 Å². The van der Waals surface area contributed by atoms with Crippen molar-refractivity contribution in [2.45, 2.75) is 32.6 Å². The zero-order valence-corrected chi connectivity index (χ0v) is 12.1. The molecular formula is C10H13NaO2S. The summed E-state index contributed by atoms with van der Waals surface area (Å²) in [5, 5.41) is 0. The molecule has 0 aliphatic carbocycles. The van der Waals surface area contributed by atoms with Crippen molar-refractivity contribution in [2.75, 3.05) is 0 Å². The van der Waals surface area contributed by atoms with E-state index in [2.05, 4.69) is 0 Å². The zero-order chi connectivity index (χ0) is 10.2. The first-order valence-corrected chi connectivity index (χ1v) is 5.19. The molecule has 72 valence electrons. The summed E-state index contributed by atoms with van der Waals surface area (Å²) in [6, 6.07) is 1.91. The molecule has 1 atom stereocenters. The summed E-state index contributed by atoms with van der Waals surface area (Å²) in [5.41, 5.74) is 3.90. The van der Waals surface area contributed by atoms with Gasteiger partial charge in [0.2, 0.25) is 0 Å². The van der Waals surface area contributed by atoms with Gasteiger partial charge >= 0.3 is 29.6 Å². The third-order valence-corrected chi connectivity index (χ3v) is 3.41. The van der Waals surface area contributed by atoms with Gasteiger partial charge in [0.25, 0.3) is 0 Å². The van der Waals surface area contributed by atoms with E-state index in [4.69, 9.17) is 0 Å². The van der Waals surface area contributed by atoms with Crippen LogP contribution in [-0.2, 0) is 11.1 Å². The zero-order valence-electron chi connectivity index (χ0n) is 9.30. The Morgan fingerprint density at radius 3 is 2.00 bits per heavy atom. The van der Waals surface area contributed by atoms with E-state index in [1.165, 1.54) is 0 Å². The van der Waals surface area contributed by atoms with Crippen molar-refractivity contribution >= 4 is 11.1 Å². The molecule has 4 heteroatoms. The minimum atomic E-state index is -2.12. The van der Waals surface area contributed by atoms with Gasteiger partial charge in [-0.2, -0.15) is 0 Å². The van der Waals surface area contributed by atoms with Crippen molar-refractivity contribution in [1.82, 2.24) is 0 Å². The first-order valence-electron chi connectivity index (χ1n) is 4.11. The topological polar surface area (TPSA) is 40.1 Å². The van der Waals surface area contributed by atoms with Gasteiger partial charge in [-0.25, -0.2) is 0 Å². The second-order valence-corrected chi connectivity index (χ2v) is 4.20. The quantitative estimate of drug-likeness (QED) is 0.457. The third-order valence-electron chi connectivity index (χ3n) is 2.45. The molecule has 0 aliphatic heterocycles. The monoisotopic (exact) mass is 220 g/mol. The molecule has 0 bridgehead atoms. The van der Waals surface area contributed by atoms with Crippen LogP contribution in [0.25, 0.3) is 0 Å². The summed E-state index contributed by atoms with van der Waals surface area (Å²) < 4.78 is 21.8. The van der Waals surface area contributed by atoms with Crippen LogP contribution < -0.4 is 29.6 Å². The van der Waals surface area contributed by atoms with E-state index in [1.807, 2.05) is 33.8 Å². The number of hydrogen-bond acceptors (Lipinski definition) is 2. The Morgan fingerprint density at radius 2 is 1.57 bits per heavy atom. The van der Waals surface area contributed by atoms with Crippen molar-refractivity contribution in [1.29, 1.82) is 0 Å². The van der Waals surface area contributed by atoms with Gasteiger partial charge in [-0.15, -0.1) is 0 Å². The summed E-state index contributed by atoms with van der Waals surface area (Å²) in [6.07, 6.45) is 0. The van der Waals surface area contributed by atoms with E-state index in [1.54, 1.807) is 0 Å². The van der Waals surface area contributed by atoms with Crippen LogP contribution in [0, 0.1) is 27.7 Å². The van der Waals surface area contributed by atoms with Crippen LogP contribution in [0.3, 0.4) is 0 Å². The molecule has 1 aromatic carbocycles. The largest absolute Gasteiger partial charge is 1.00 e. The summed E-state index contributed by atoms with van der Waals surface area (Å²) >= 11 is -2.12. The van der Waals surface area contributed by atoms with E-state index in [0.717, 1.165) is 22.3 Å². The van der Waals surface area contributed by atoms with Gasteiger partial charge in [-0.3, -0.25) is 4.21 Å². The first kappa shape index (κ1) is 14.3. The van der Waals surface area contributed by atoms with Crippen molar-refractivity contribution in [3.05, 3.63) is 28.3 Å². The second kappa shape index (κ2) is 5.42. The minimum Gasteiger partial charge on any atom is -0.768 e. The van der Waals surface area contributed by atoms with Crippen LogP contribution >= 0.6 is 0 Å². The Hall–Kier alpha value is 0.330. The summed E-state index contributed by atoms with van der Waals surface area (Å²) in [7, 11) is 0. The Kier molecular flexibility index (Phi) is 5.55. The van der Waals surface area contributed by atoms with Gasteiger partial charge in [0.1, 0.15) is 0 Å². The maximum atomic E-state index is 10.9. The summed E-state index contributed by atoms with van der Waals surface area (Å²) in [6.45, 7) is 7.61. The summed E-state index contributed by atoms with van der Waals surface area (Å²) in [5.74, 6) is 0. The third kappa shape index (κ3) is 2.67. The average Bonchev–Trinajstić information content (AvgIpc) is 1.99. The molecule has 0 aliphatic rings. The Balaban J connectivity index is 0.00000169. The van der Waals surface area contributed by atoms with Gasteiger partial charge in [0.05, 0.1) is 0 Å². The molecule has 0 saturated carbocycles. The molecule has 0 fully saturated rings. The van der Waals surface area contributed by atoms with Crippen LogP contribution in [0.2, 0.25) is 0 Å². The first-order chi connectivity index (χ1) is 5.95. The molecule has 0 heterocycles. The second-order valence-electron chi connectivity index (χ2n) is 3.32. The fraction of sp³-hybridized carbons (Fsp3) is 0.400. The predicted octanol–water partition coefficient (Wildman–Crippen LogP) is -0.838. The maximum absolute atomic E-state index is 10.9. The van der Waals surface area contributed by atoms with Crippen molar-refractivity contribution in [2.24, 2.45) is 0 Å². The minimum absolute atomic E-state index is 0. The normalized spacial score (nSPS) is 12.1. The van der Waals surface area contributed by atoms with Crippen molar-refractivity contribution in [3.8, 4) is 0 Å². The number of benzene rings is 1. The molecule has 1 rings (SSSR count). The van der Waals surface area contributed by atoms with Gasteiger partial charge in [0.15, 0.2) is 0 Å². The molecule has 14 heavy (non-hydrogen) atoms. The molecule has 0 saturated heterocycles. The molecule has 0 spiro atoms. The van der Waals surface area contributed by atoms with Crippen LogP contribution in [0.1, 0.15) is 22.3 Å². The SMILES string of the molecule is Cc1cc(C)c(S(=O)[O-])c(C)c1C.[Na+]. The van der Waals surface area contributed by atoms with Gasteiger partial charge in [-0.05, 0) is 61.0 Å². The molecule has 0 radical (unpaired) electrons. The standard InChI is InChI=1S/C10H14O2S.Na/c1-6-5-7(2)10(13(11)12)9(4)8(6)3;/h5H,1-4H3,(H,11,12);/q;+1/p-1. The number of hydrogen-bond donors (Lipinski definition) is 0. The van der Waals surface area contributed by atoms with E-state index < -0.39 is 11.1 Å². The smallest absolute Gasteiger partial charge is 0.768 e. The molecule has 2 nitrogen and oxygen atoms in total. The molecule has 0 N–H and O–H groups in total. The predicted molar refractivity (Wildman–Crippen MR) is 52.6 cm³/mol. The average molecular weight is 220 g/mol.